The zero-order valence-corrected chi connectivity index (χ0v) is 16.2. The van der Waals surface area contributed by atoms with Crippen LogP contribution in [0.1, 0.15) is 18.8 Å². The number of hydrogen-bond donors (Lipinski definition) is 1. The number of nitrogens with zero attached hydrogens (tertiary/aromatic N) is 3. The Hall–Kier alpha value is -2.49. The number of nitrogens with one attached hydrogen (secondary N) is 1. The van der Waals surface area contributed by atoms with E-state index in [1.54, 1.807) is 56.3 Å². The Morgan fingerprint density at radius 2 is 1.89 bits per heavy atom. The van der Waals surface area contributed by atoms with E-state index in [4.69, 9.17) is 9.47 Å². The topological polar surface area (TPSA) is 95.3 Å². The molecule has 3 aromatic rings. The molecule has 0 fully saturated rings. The van der Waals surface area contributed by atoms with Crippen molar-refractivity contribution in [3.05, 3.63) is 48.5 Å². The van der Waals surface area contributed by atoms with E-state index in [1.807, 2.05) is 12.1 Å². The maximum atomic E-state index is 12.8. The van der Waals surface area contributed by atoms with Crippen molar-refractivity contribution in [3.8, 4) is 5.75 Å². The van der Waals surface area contributed by atoms with Gasteiger partial charge in [0.2, 0.25) is 10.0 Å². The van der Waals surface area contributed by atoms with Crippen LogP contribution in [0.25, 0.3) is 10.8 Å². The smallest absolute Gasteiger partial charge is 0.241 e. The van der Waals surface area contributed by atoms with Crippen LogP contribution in [0.4, 0.5) is 0 Å². The largest absolute Gasteiger partial charge is 0.497 e. The van der Waals surface area contributed by atoms with Crippen molar-refractivity contribution in [3.63, 3.8) is 0 Å². The standard InChI is InChI=1S/C18H22N4O4S/c1-13(18-20-19-12-22(18)8-9-25-2)21-27(23,24)17-7-5-14-10-16(26-3)6-4-15(14)11-17/h4-7,10-13,21H,8-9H2,1-3H3. The van der Waals surface area contributed by atoms with Crippen LogP contribution < -0.4 is 9.46 Å². The Kier molecular flexibility index (Phi) is 5.73. The molecule has 0 saturated carbocycles. The summed E-state index contributed by atoms with van der Waals surface area (Å²) in [4.78, 5) is 0.190. The Morgan fingerprint density at radius 3 is 2.63 bits per heavy atom. The first-order valence-corrected chi connectivity index (χ1v) is 9.89. The summed E-state index contributed by atoms with van der Waals surface area (Å²) in [6, 6.07) is 9.93. The summed E-state index contributed by atoms with van der Waals surface area (Å²) in [7, 11) is -0.527. The second kappa shape index (κ2) is 8.03. The second-order valence-electron chi connectivity index (χ2n) is 6.09. The zero-order valence-electron chi connectivity index (χ0n) is 15.4. The maximum Gasteiger partial charge on any atom is 0.241 e. The molecule has 8 nitrogen and oxygen atoms in total. The Bertz CT molecular complexity index is 1030. The SMILES string of the molecule is COCCn1cnnc1C(C)NS(=O)(=O)c1ccc2cc(OC)ccc2c1. The fourth-order valence-electron chi connectivity index (χ4n) is 2.81. The van der Waals surface area contributed by atoms with Gasteiger partial charge < -0.3 is 14.0 Å². The van der Waals surface area contributed by atoms with Crippen LogP contribution in [0.5, 0.6) is 5.75 Å². The van der Waals surface area contributed by atoms with E-state index in [1.165, 1.54) is 0 Å². The van der Waals surface area contributed by atoms with Gasteiger partial charge in [-0.1, -0.05) is 12.1 Å². The molecule has 0 spiro atoms. The van der Waals surface area contributed by atoms with E-state index in [-0.39, 0.29) is 4.90 Å². The molecule has 27 heavy (non-hydrogen) atoms. The van der Waals surface area contributed by atoms with Gasteiger partial charge in [0, 0.05) is 13.7 Å². The average Bonchev–Trinajstić information content (AvgIpc) is 3.13. The third kappa shape index (κ3) is 4.26. The molecule has 2 aromatic carbocycles. The molecule has 1 aromatic heterocycles. The molecule has 0 bridgehead atoms. The predicted molar refractivity (Wildman–Crippen MR) is 101 cm³/mol. The Morgan fingerprint density at radius 1 is 1.15 bits per heavy atom. The van der Waals surface area contributed by atoms with E-state index in [0.29, 0.717) is 19.0 Å². The van der Waals surface area contributed by atoms with Crippen molar-refractivity contribution in [2.24, 2.45) is 0 Å². The number of rotatable bonds is 8. The monoisotopic (exact) mass is 390 g/mol. The highest BCUT2D eigenvalue weighted by Crippen LogP contribution is 2.24. The lowest BCUT2D eigenvalue weighted by atomic mass is 10.1. The third-order valence-electron chi connectivity index (χ3n) is 4.23. The lowest BCUT2D eigenvalue weighted by Gasteiger charge is -2.15. The quantitative estimate of drug-likeness (QED) is 0.633. The van der Waals surface area contributed by atoms with Crippen LogP contribution >= 0.6 is 0 Å². The van der Waals surface area contributed by atoms with Gasteiger partial charge >= 0.3 is 0 Å². The summed E-state index contributed by atoms with van der Waals surface area (Å²) in [5.41, 5.74) is 0. The highest BCUT2D eigenvalue weighted by atomic mass is 32.2. The van der Waals surface area contributed by atoms with E-state index in [9.17, 15) is 8.42 Å². The van der Waals surface area contributed by atoms with Gasteiger partial charge in [-0.3, -0.25) is 0 Å². The second-order valence-corrected chi connectivity index (χ2v) is 7.81. The van der Waals surface area contributed by atoms with Gasteiger partial charge in [0.1, 0.15) is 12.1 Å². The van der Waals surface area contributed by atoms with Crippen LogP contribution in [0.3, 0.4) is 0 Å². The third-order valence-corrected chi connectivity index (χ3v) is 5.77. The lowest BCUT2D eigenvalue weighted by Crippen LogP contribution is -2.29. The maximum absolute atomic E-state index is 12.8. The molecule has 0 amide bonds. The molecule has 9 heteroatoms. The fourth-order valence-corrected chi connectivity index (χ4v) is 4.05. The number of sulfonamides is 1. The van der Waals surface area contributed by atoms with Gasteiger partial charge in [-0.2, -0.15) is 0 Å². The normalized spacial score (nSPS) is 13.0. The van der Waals surface area contributed by atoms with Crippen molar-refractivity contribution < 1.29 is 17.9 Å². The number of benzene rings is 2. The first-order valence-electron chi connectivity index (χ1n) is 8.41. The molecule has 1 heterocycles. The molecule has 0 saturated heterocycles. The first-order chi connectivity index (χ1) is 12.9. The van der Waals surface area contributed by atoms with Crippen molar-refractivity contribution in [2.45, 2.75) is 24.4 Å². The van der Waals surface area contributed by atoms with Crippen LogP contribution in [-0.2, 0) is 21.3 Å². The number of methoxy groups -OCH3 is 2. The molecular weight excluding hydrogens is 368 g/mol. The van der Waals surface area contributed by atoms with Crippen LogP contribution in [0, 0.1) is 0 Å². The number of aromatic nitrogens is 3. The van der Waals surface area contributed by atoms with Crippen molar-refractivity contribution in [2.75, 3.05) is 20.8 Å². The zero-order chi connectivity index (χ0) is 19.4. The minimum absolute atomic E-state index is 0.190. The minimum atomic E-state index is -3.72. The molecule has 1 N–H and O–H groups in total. The molecule has 0 aliphatic heterocycles. The van der Waals surface area contributed by atoms with Crippen LogP contribution in [0.2, 0.25) is 0 Å². The van der Waals surface area contributed by atoms with Gasteiger partial charge in [0.15, 0.2) is 5.82 Å². The number of ether oxygens (including phenoxy) is 2. The van der Waals surface area contributed by atoms with E-state index < -0.39 is 16.1 Å². The number of fused-ring (bicyclic) bond motifs is 1. The minimum Gasteiger partial charge on any atom is -0.497 e. The molecule has 0 aliphatic carbocycles. The summed E-state index contributed by atoms with van der Waals surface area (Å²) in [6.07, 6.45) is 1.56. The molecule has 1 atom stereocenters. The van der Waals surface area contributed by atoms with Gasteiger partial charge in [-0.25, -0.2) is 13.1 Å². The van der Waals surface area contributed by atoms with Gasteiger partial charge in [0.25, 0.3) is 0 Å². The molecule has 144 valence electrons. The van der Waals surface area contributed by atoms with E-state index in [0.717, 1.165) is 16.5 Å². The average molecular weight is 390 g/mol. The number of hydrogen-bond acceptors (Lipinski definition) is 6. The summed E-state index contributed by atoms with van der Waals surface area (Å²) in [5.74, 6) is 1.25. The molecule has 3 rings (SSSR count). The summed E-state index contributed by atoms with van der Waals surface area (Å²) in [5, 5.41) is 9.62. The highest BCUT2D eigenvalue weighted by molar-refractivity contribution is 7.89. The van der Waals surface area contributed by atoms with Crippen LogP contribution in [-0.4, -0.2) is 44.0 Å². The van der Waals surface area contributed by atoms with E-state index >= 15 is 0 Å². The predicted octanol–water partition coefficient (Wildman–Crippen LogP) is 2.13. The molecular formula is C18H22N4O4S. The highest BCUT2D eigenvalue weighted by Gasteiger charge is 2.22. The van der Waals surface area contributed by atoms with Gasteiger partial charge in [-0.15, -0.1) is 10.2 Å². The molecule has 0 aliphatic rings. The fraction of sp³-hybridized carbons (Fsp3) is 0.333. The first kappa shape index (κ1) is 19.3. The molecule has 0 radical (unpaired) electrons. The van der Waals surface area contributed by atoms with Gasteiger partial charge in [0.05, 0.1) is 24.7 Å². The summed E-state index contributed by atoms with van der Waals surface area (Å²) < 4.78 is 40.3. The summed E-state index contributed by atoms with van der Waals surface area (Å²) in [6.45, 7) is 2.76. The van der Waals surface area contributed by atoms with Crippen LogP contribution in [0.15, 0.2) is 47.6 Å². The molecule has 1 unspecified atom stereocenters. The Labute approximate surface area is 158 Å². The van der Waals surface area contributed by atoms with Crippen molar-refractivity contribution >= 4 is 20.8 Å². The van der Waals surface area contributed by atoms with Crippen molar-refractivity contribution in [1.82, 2.24) is 19.5 Å². The van der Waals surface area contributed by atoms with E-state index in [2.05, 4.69) is 14.9 Å². The van der Waals surface area contributed by atoms with Crippen molar-refractivity contribution in [1.29, 1.82) is 0 Å². The summed E-state index contributed by atoms with van der Waals surface area (Å²) >= 11 is 0. The lowest BCUT2D eigenvalue weighted by molar-refractivity contribution is 0.185. The van der Waals surface area contributed by atoms with Gasteiger partial charge in [-0.05, 0) is 42.0 Å². The Balaban J connectivity index is 1.84.